The highest BCUT2D eigenvalue weighted by atomic mass is 16.6. The second kappa shape index (κ2) is 3.11. The fraction of sp³-hybridized carbons (Fsp3) is 0.750. The fourth-order valence-electron chi connectivity index (χ4n) is 2.43. The molecule has 0 aromatic rings. The summed E-state index contributed by atoms with van der Waals surface area (Å²) in [5.41, 5.74) is -0.345. The van der Waals surface area contributed by atoms with E-state index in [1.807, 2.05) is 20.8 Å². The first-order valence-corrected chi connectivity index (χ1v) is 5.37. The van der Waals surface area contributed by atoms with Crippen LogP contribution in [0.15, 0.2) is 12.2 Å². The molecule has 2 heteroatoms. The van der Waals surface area contributed by atoms with E-state index in [2.05, 4.69) is 12.2 Å². The highest BCUT2D eigenvalue weighted by molar-refractivity contribution is 5.74. The van der Waals surface area contributed by atoms with Gasteiger partial charge in [-0.2, -0.15) is 0 Å². The number of esters is 1. The van der Waals surface area contributed by atoms with Crippen LogP contribution < -0.4 is 0 Å². The van der Waals surface area contributed by atoms with Gasteiger partial charge in [-0.25, -0.2) is 0 Å². The molecule has 14 heavy (non-hydrogen) atoms. The van der Waals surface area contributed by atoms with Gasteiger partial charge in [-0.3, -0.25) is 4.79 Å². The summed E-state index contributed by atoms with van der Waals surface area (Å²) < 4.78 is 5.40. The number of ether oxygens (including phenoxy) is 1. The van der Waals surface area contributed by atoms with E-state index in [-0.39, 0.29) is 17.5 Å². The van der Waals surface area contributed by atoms with Gasteiger partial charge in [0.05, 0.1) is 5.92 Å². The lowest BCUT2D eigenvalue weighted by Crippen LogP contribution is -2.30. The van der Waals surface area contributed by atoms with Crippen LogP contribution in [0.2, 0.25) is 0 Å². The highest BCUT2D eigenvalue weighted by Crippen LogP contribution is 2.44. The Morgan fingerprint density at radius 1 is 1.29 bits per heavy atom. The van der Waals surface area contributed by atoms with E-state index in [1.54, 1.807) is 0 Å². The van der Waals surface area contributed by atoms with Crippen molar-refractivity contribution in [3.05, 3.63) is 12.2 Å². The van der Waals surface area contributed by atoms with E-state index < -0.39 is 0 Å². The van der Waals surface area contributed by atoms with Crippen LogP contribution in [-0.4, -0.2) is 11.6 Å². The van der Waals surface area contributed by atoms with Crippen molar-refractivity contribution in [3.63, 3.8) is 0 Å². The van der Waals surface area contributed by atoms with Gasteiger partial charge in [0.2, 0.25) is 0 Å². The molecule has 0 radical (unpaired) electrons. The van der Waals surface area contributed by atoms with Crippen molar-refractivity contribution < 1.29 is 9.53 Å². The zero-order chi connectivity index (χ0) is 10.3. The quantitative estimate of drug-likeness (QED) is 0.473. The first kappa shape index (κ1) is 9.75. The molecule has 78 valence electrons. The van der Waals surface area contributed by atoms with E-state index in [4.69, 9.17) is 4.74 Å². The molecule has 1 saturated carbocycles. The first-order valence-electron chi connectivity index (χ1n) is 5.37. The van der Waals surface area contributed by atoms with Crippen molar-refractivity contribution in [1.29, 1.82) is 0 Å². The van der Waals surface area contributed by atoms with Gasteiger partial charge in [0, 0.05) is 0 Å². The molecule has 0 amide bonds. The molecule has 0 aromatic heterocycles. The lowest BCUT2D eigenvalue weighted by atomic mass is 9.93. The van der Waals surface area contributed by atoms with Crippen molar-refractivity contribution in [2.24, 2.45) is 17.8 Å². The number of carbonyl (C=O) groups is 1. The van der Waals surface area contributed by atoms with E-state index in [9.17, 15) is 4.79 Å². The van der Waals surface area contributed by atoms with Gasteiger partial charge in [-0.05, 0) is 45.4 Å². The Labute approximate surface area is 85.3 Å². The zero-order valence-corrected chi connectivity index (χ0v) is 9.12. The SMILES string of the molecule is CC(C)(C)OC(=O)C1C[C@@H]2C=C[C@@H]1C2. The summed E-state index contributed by atoms with van der Waals surface area (Å²) in [7, 11) is 0. The third-order valence-electron chi connectivity index (χ3n) is 2.99. The number of rotatable bonds is 1. The predicted octanol–water partition coefficient (Wildman–Crippen LogP) is 2.54. The third kappa shape index (κ3) is 1.84. The van der Waals surface area contributed by atoms with Gasteiger partial charge in [0.1, 0.15) is 5.60 Å². The van der Waals surface area contributed by atoms with Crippen molar-refractivity contribution in [1.82, 2.24) is 0 Å². The minimum Gasteiger partial charge on any atom is -0.460 e. The Morgan fingerprint density at radius 3 is 2.43 bits per heavy atom. The van der Waals surface area contributed by atoms with Crippen LogP contribution >= 0.6 is 0 Å². The molecular formula is C12H18O2. The van der Waals surface area contributed by atoms with Crippen molar-refractivity contribution >= 4 is 5.97 Å². The van der Waals surface area contributed by atoms with E-state index in [0.29, 0.717) is 11.8 Å². The number of hydrogen-bond acceptors (Lipinski definition) is 2. The lowest BCUT2D eigenvalue weighted by molar-refractivity contribution is -0.160. The summed E-state index contributed by atoms with van der Waals surface area (Å²) in [6.45, 7) is 5.77. The number of fused-ring (bicyclic) bond motifs is 2. The monoisotopic (exact) mass is 194 g/mol. The van der Waals surface area contributed by atoms with Gasteiger partial charge in [-0.15, -0.1) is 0 Å². The Bertz CT molecular complexity index is 273. The minimum absolute atomic E-state index is 0.00523. The largest absolute Gasteiger partial charge is 0.460 e. The number of carbonyl (C=O) groups excluding carboxylic acids is 1. The molecule has 0 aliphatic heterocycles. The van der Waals surface area contributed by atoms with Gasteiger partial charge in [0.15, 0.2) is 0 Å². The van der Waals surface area contributed by atoms with Crippen LogP contribution in [0.25, 0.3) is 0 Å². The van der Waals surface area contributed by atoms with Crippen LogP contribution in [0.5, 0.6) is 0 Å². The molecule has 3 atom stereocenters. The summed E-state index contributed by atoms with van der Waals surface area (Å²) in [4.78, 5) is 11.8. The average molecular weight is 194 g/mol. The number of allylic oxidation sites excluding steroid dienone is 2. The van der Waals surface area contributed by atoms with Crippen LogP contribution in [0, 0.1) is 17.8 Å². The third-order valence-corrected chi connectivity index (χ3v) is 2.99. The Hall–Kier alpha value is -0.790. The Morgan fingerprint density at radius 2 is 2.00 bits per heavy atom. The summed E-state index contributed by atoms with van der Waals surface area (Å²) >= 11 is 0. The molecule has 1 unspecified atom stereocenters. The first-order chi connectivity index (χ1) is 6.46. The van der Waals surface area contributed by atoms with Crippen LogP contribution in [0.4, 0.5) is 0 Å². The molecule has 2 aliphatic rings. The van der Waals surface area contributed by atoms with Crippen LogP contribution in [0.3, 0.4) is 0 Å². The summed E-state index contributed by atoms with van der Waals surface area (Å²) in [6, 6.07) is 0. The average Bonchev–Trinajstić information content (AvgIpc) is 2.59. The lowest BCUT2D eigenvalue weighted by Gasteiger charge is -2.24. The normalized spacial score (nSPS) is 34.9. The van der Waals surface area contributed by atoms with Crippen molar-refractivity contribution in [2.75, 3.05) is 0 Å². The van der Waals surface area contributed by atoms with E-state index in [0.717, 1.165) is 12.8 Å². The smallest absolute Gasteiger partial charge is 0.310 e. The maximum atomic E-state index is 11.8. The second-order valence-electron chi connectivity index (χ2n) is 5.42. The predicted molar refractivity (Wildman–Crippen MR) is 54.7 cm³/mol. The fourth-order valence-corrected chi connectivity index (χ4v) is 2.43. The molecule has 0 aromatic carbocycles. The zero-order valence-electron chi connectivity index (χ0n) is 9.12. The molecular weight excluding hydrogens is 176 g/mol. The Kier molecular flexibility index (Phi) is 2.17. The molecule has 2 bridgehead atoms. The molecule has 0 saturated heterocycles. The molecule has 0 heterocycles. The van der Waals surface area contributed by atoms with Gasteiger partial charge < -0.3 is 4.74 Å². The van der Waals surface area contributed by atoms with Crippen molar-refractivity contribution in [2.45, 2.75) is 39.2 Å². The Balaban J connectivity index is 1.97. The summed E-state index contributed by atoms with van der Waals surface area (Å²) in [5.74, 6) is 1.21. The maximum absolute atomic E-state index is 11.8. The van der Waals surface area contributed by atoms with E-state index in [1.165, 1.54) is 0 Å². The molecule has 1 fully saturated rings. The molecule has 0 N–H and O–H groups in total. The standard InChI is InChI=1S/C12H18O2/c1-12(2,3)14-11(13)10-7-8-4-5-9(10)6-8/h4-5,8-10H,6-7H2,1-3H3/t8-,9-,10?/m1/s1. The maximum Gasteiger partial charge on any atom is 0.310 e. The van der Waals surface area contributed by atoms with Crippen LogP contribution in [0.1, 0.15) is 33.6 Å². The molecule has 0 spiro atoms. The molecule has 2 aliphatic carbocycles. The van der Waals surface area contributed by atoms with Gasteiger partial charge >= 0.3 is 5.97 Å². The topological polar surface area (TPSA) is 26.3 Å². The van der Waals surface area contributed by atoms with Gasteiger partial charge in [0.25, 0.3) is 0 Å². The van der Waals surface area contributed by atoms with Crippen molar-refractivity contribution in [3.8, 4) is 0 Å². The van der Waals surface area contributed by atoms with Gasteiger partial charge in [-0.1, -0.05) is 12.2 Å². The van der Waals surface area contributed by atoms with E-state index >= 15 is 0 Å². The molecule has 2 nitrogen and oxygen atoms in total. The summed E-state index contributed by atoms with van der Waals surface area (Å²) in [5, 5.41) is 0. The minimum atomic E-state index is -0.345. The highest BCUT2D eigenvalue weighted by Gasteiger charge is 2.41. The number of hydrogen-bond donors (Lipinski definition) is 0. The summed E-state index contributed by atoms with van der Waals surface area (Å²) in [6.07, 6.45) is 6.58. The molecule has 2 rings (SSSR count). The van der Waals surface area contributed by atoms with Crippen LogP contribution in [-0.2, 0) is 9.53 Å². The second-order valence-corrected chi connectivity index (χ2v) is 5.42.